The summed E-state index contributed by atoms with van der Waals surface area (Å²) in [5, 5.41) is 3.19. The summed E-state index contributed by atoms with van der Waals surface area (Å²) in [7, 11) is 0. The van der Waals surface area contributed by atoms with Gasteiger partial charge in [0.2, 0.25) is 0 Å². The molecule has 0 fully saturated rings. The molecule has 0 radical (unpaired) electrons. The lowest BCUT2D eigenvalue weighted by Gasteiger charge is -2.28. The fraction of sp³-hybridized carbons (Fsp3) is 0.462. The number of carbonyl (C=O) groups is 1. The molecule has 1 unspecified atom stereocenters. The van der Waals surface area contributed by atoms with E-state index in [1.807, 2.05) is 45.0 Å². The van der Waals surface area contributed by atoms with E-state index in [9.17, 15) is 4.79 Å². The fourth-order valence-corrected chi connectivity index (χ4v) is 1.97. The number of hydrogen-bond acceptors (Lipinski definition) is 3. The van der Waals surface area contributed by atoms with E-state index in [-0.39, 0.29) is 5.97 Å². The summed E-state index contributed by atoms with van der Waals surface area (Å²) in [6, 6.07) is 7.68. The minimum atomic E-state index is -0.786. The van der Waals surface area contributed by atoms with Gasteiger partial charge >= 0.3 is 5.97 Å². The molecule has 0 aromatic heterocycles. The average Bonchev–Trinajstić information content (AvgIpc) is 2.30. The van der Waals surface area contributed by atoms with Crippen LogP contribution in [0.15, 0.2) is 28.7 Å². The lowest BCUT2D eigenvalue weighted by atomic mass is 9.92. The standard InChI is InChI=1S/C13H18BrNO2/c1-4-15-13(3,12(16)17-5-2)10-6-8-11(14)9-7-10/h6-9,15H,4-5H2,1-3H3. The molecule has 1 aromatic rings. The minimum absolute atomic E-state index is 0.246. The second-order valence-corrected chi connectivity index (χ2v) is 4.80. The molecule has 0 aliphatic rings. The molecule has 94 valence electrons. The highest BCUT2D eigenvalue weighted by Crippen LogP contribution is 2.24. The Hall–Kier alpha value is -0.870. The van der Waals surface area contributed by atoms with Crippen molar-refractivity contribution in [2.24, 2.45) is 0 Å². The maximum atomic E-state index is 12.0. The minimum Gasteiger partial charge on any atom is -0.464 e. The van der Waals surface area contributed by atoms with E-state index >= 15 is 0 Å². The Morgan fingerprint density at radius 1 is 1.35 bits per heavy atom. The van der Waals surface area contributed by atoms with Crippen molar-refractivity contribution in [2.45, 2.75) is 26.3 Å². The Balaban J connectivity index is 3.06. The number of esters is 1. The van der Waals surface area contributed by atoms with Crippen molar-refractivity contribution in [1.82, 2.24) is 5.32 Å². The van der Waals surface area contributed by atoms with Crippen LogP contribution < -0.4 is 5.32 Å². The fourth-order valence-electron chi connectivity index (χ4n) is 1.70. The molecule has 3 nitrogen and oxygen atoms in total. The normalized spacial score (nSPS) is 14.1. The third-order valence-corrected chi connectivity index (χ3v) is 3.16. The quantitative estimate of drug-likeness (QED) is 0.850. The zero-order valence-corrected chi connectivity index (χ0v) is 12.0. The first-order chi connectivity index (χ1) is 8.04. The lowest BCUT2D eigenvalue weighted by molar-refractivity contribution is -0.151. The topological polar surface area (TPSA) is 38.3 Å². The van der Waals surface area contributed by atoms with Crippen LogP contribution in [0, 0.1) is 0 Å². The van der Waals surface area contributed by atoms with Gasteiger partial charge in [-0.25, -0.2) is 4.79 Å². The Labute approximate surface area is 111 Å². The van der Waals surface area contributed by atoms with Gasteiger partial charge < -0.3 is 4.74 Å². The molecule has 17 heavy (non-hydrogen) atoms. The molecule has 0 aliphatic heterocycles. The molecule has 0 saturated carbocycles. The van der Waals surface area contributed by atoms with Gasteiger partial charge in [0, 0.05) is 4.47 Å². The third-order valence-electron chi connectivity index (χ3n) is 2.64. The summed E-state index contributed by atoms with van der Waals surface area (Å²) in [5.74, 6) is -0.246. The van der Waals surface area contributed by atoms with Crippen molar-refractivity contribution >= 4 is 21.9 Å². The smallest absolute Gasteiger partial charge is 0.330 e. The lowest BCUT2D eigenvalue weighted by Crippen LogP contribution is -2.47. The van der Waals surface area contributed by atoms with E-state index in [2.05, 4.69) is 21.2 Å². The summed E-state index contributed by atoms with van der Waals surface area (Å²) in [6.45, 7) is 6.71. The van der Waals surface area contributed by atoms with E-state index in [1.165, 1.54) is 0 Å². The van der Waals surface area contributed by atoms with Crippen LogP contribution in [0.5, 0.6) is 0 Å². The molecule has 1 atom stereocenters. The van der Waals surface area contributed by atoms with Gasteiger partial charge in [0.05, 0.1) is 6.61 Å². The van der Waals surface area contributed by atoms with Crippen LogP contribution >= 0.6 is 15.9 Å². The number of nitrogens with one attached hydrogen (secondary N) is 1. The van der Waals surface area contributed by atoms with Crippen LogP contribution in [0.2, 0.25) is 0 Å². The molecule has 1 aromatic carbocycles. The van der Waals surface area contributed by atoms with Crippen LogP contribution in [0.4, 0.5) is 0 Å². The second kappa shape index (κ2) is 6.17. The van der Waals surface area contributed by atoms with Crippen molar-refractivity contribution in [2.75, 3.05) is 13.2 Å². The maximum absolute atomic E-state index is 12.0. The number of halogens is 1. The molecule has 0 heterocycles. The van der Waals surface area contributed by atoms with Crippen LogP contribution in [-0.2, 0) is 15.1 Å². The van der Waals surface area contributed by atoms with E-state index in [0.29, 0.717) is 13.2 Å². The third kappa shape index (κ3) is 3.30. The summed E-state index contributed by atoms with van der Waals surface area (Å²) in [4.78, 5) is 12.0. The van der Waals surface area contributed by atoms with Crippen molar-refractivity contribution in [3.8, 4) is 0 Å². The number of benzene rings is 1. The van der Waals surface area contributed by atoms with E-state index in [4.69, 9.17) is 4.74 Å². The van der Waals surface area contributed by atoms with E-state index in [0.717, 1.165) is 10.0 Å². The van der Waals surface area contributed by atoms with Gasteiger partial charge in [0.25, 0.3) is 0 Å². The molecule has 1 rings (SSSR count). The van der Waals surface area contributed by atoms with Gasteiger partial charge in [0.15, 0.2) is 0 Å². The highest BCUT2D eigenvalue weighted by atomic mass is 79.9. The van der Waals surface area contributed by atoms with Gasteiger partial charge in [0.1, 0.15) is 5.54 Å². The Kier molecular flexibility index (Phi) is 5.15. The molecular weight excluding hydrogens is 282 g/mol. The van der Waals surface area contributed by atoms with Crippen LogP contribution in [0.3, 0.4) is 0 Å². The highest BCUT2D eigenvalue weighted by molar-refractivity contribution is 9.10. The van der Waals surface area contributed by atoms with E-state index < -0.39 is 5.54 Å². The average molecular weight is 300 g/mol. The van der Waals surface area contributed by atoms with Gasteiger partial charge in [-0.2, -0.15) is 0 Å². The summed E-state index contributed by atoms with van der Waals surface area (Å²) >= 11 is 3.38. The molecule has 0 amide bonds. The summed E-state index contributed by atoms with van der Waals surface area (Å²) < 4.78 is 6.12. The van der Waals surface area contributed by atoms with Gasteiger partial charge in [-0.3, -0.25) is 5.32 Å². The summed E-state index contributed by atoms with van der Waals surface area (Å²) in [5.41, 5.74) is 0.117. The number of rotatable bonds is 5. The number of likely N-dealkylation sites (N-methyl/N-ethyl adjacent to an activating group) is 1. The zero-order chi connectivity index (χ0) is 12.9. The monoisotopic (exact) mass is 299 g/mol. The summed E-state index contributed by atoms with van der Waals surface area (Å²) in [6.07, 6.45) is 0. The van der Waals surface area contributed by atoms with Crippen molar-refractivity contribution < 1.29 is 9.53 Å². The predicted molar refractivity (Wildman–Crippen MR) is 71.8 cm³/mol. The first kappa shape index (κ1) is 14.2. The van der Waals surface area contributed by atoms with Crippen LogP contribution in [0.25, 0.3) is 0 Å². The van der Waals surface area contributed by atoms with Gasteiger partial charge in [-0.15, -0.1) is 0 Å². The Morgan fingerprint density at radius 2 is 1.94 bits per heavy atom. The highest BCUT2D eigenvalue weighted by Gasteiger charge is 2.35. The van der Waals surface area contributed by atoms with Gasteiger partial charge in [-0.05, 0) is 38.1 Å². The van der Waals surface area contributed by atoms with Gasteiger partial charge in [-0.1, -0.05) is 35.0 Å². The predicted octanol–water partition coefficient (Wildman–Crippen LogP) is 2.84. The molecular formula is C13H18BrNO2. The Bertz CT molecular complexity index is 378. The van der Waals surface area contributed by atoms with E-state index in [1.54, 1.807) is 0 Å². The molecule has 4 heteroatoms. The molecule has 0 spiro atoms. The first-order valence-corrected chi connectivity index (χ1v) is 6.52. The first-order valence-electron chi connectivity index (χ1n) is 5.73. The molecule has 1 N–H and O–H groups in total. The number of hydrogen-bond donors (Lipinski definition) is 1. The second-order valence-electron chi connectivity index (χ2n) is 3.88. The molecule has 0 aliphatic carbocycles. The number of ether oxygens (including phenoxy) is 1. The molecule has 0 saturated heterocycles. The largest absolute Gasteiger partial charge is 0.464 e. The number of carbonyl (C=O) groups excluding carboxylic acids is 1. The van der Waals surface area contributed by atoms with Crippen molar-refractivity contribution in [3.63, 3.8) is 0 Å². The van der Waals surface area contributed by atoms with Crippen molar-refractivity contribution in [3.05, 3.63) is 34.3 Å². The Morgan fingerprint density at radius 3 is 2.41 bits per heavy atom. The maximum Gasteiger partial charge on any atom is 0.330 e. The zero-order valence-electron chi connectivity index (χ0n) is 10.4. The van der Waals surface area contributed by atoms with Crippen LogP contribution in [-0.4, -0.2) is 19.1 Å². The SMILES string of the molecule is CCNC(C)(C(=O)OCC)c1ccc(Br)cc1. The van der Waals surface area contributed by atoms with Crippen molar-refractivity contribution in [1.29, 1.82) is 0 Å². The van der Waals surface area contributed by atoms with Crippen LogP contribution in [0.1, 0.15) is 26.3 Å². The molecule has 0 bridgehead atoms.